The lowest BCUT2D eigenvalue weighted by atomic mass is 10.1. The van der Waals surface area contributed by atoms with Crippen LogP contribution in [-0.4, -0.2) is 5.78 Å². The fraction of sp³-hybridized carbons (Fsp3) is 0.100. The Labute approximate surface area is 69.5 Å². The molecule has 1 aromatic rings. The summed E-state index contributed by atoms with van der Waals surface area (Å²) in [5, 5.41) is 0. The number of hydrogen-bond donors (Lipinski definition) is 0. The molecule has 12 heavy (non-hydrogen) atoms. The monoisotopic (exact) mass is 162 g/mol. The molecule has 1 nitrogen and oxygen atoms in total. The minimum atomic E-state index is -0.322. The number of carbonyl (C=O) groups is 1. The van der Waals surface area contributed by atoms with Gasteiger partial charge in [-0.25, -0.2) is 4.39 Å². The molecule has 1 aromatic carbocycles. The first-order valence-corrected chi connectivity index (χ1v) is 3.71. The van der Waals surface area contributed by atoms with Gasteiger partial charge in [0.05, 0.1) is 0 Å². The van der Waals surface area contributed by atoms with Crippen molar-refractivity contribution in [3.8, 4) is 0 Å². The van der Waals surface area contributed by atoms with Crippen LogP contribution in [0.1, 0.15) is 22.8 Å². The molecule has 1 aliphatic rings. The summed E-state index contributed by atoms with van der Waals surface area (Å²) in [5.41, 5.74) is 1.52. The molecular weight excluding hydrogens is 155 g/mol. The Kier molecular flexibility index (Phi) is 1.37. The first kappa shape index (κ1) is 7.22. The topological polar surface area (TPSA) is 17.1 Å². The normalized spacial score (nSPS) is 14.5. The SMILES string of the molecule is CC1=Cc2c(F)cccc2C1=O. The molecule has 0 amide bonds. The predicted molar refractivity (Wildman–Crippen MR) is 44.4 cm³/mol. The second kappa shape index (κ2) is 2.27. The van der Waals surface area contributed by atoms with Crippen LogP contribution in [0, 0.1) is 5.82 Å². The van der Waals surface area contributed by atoms with Gasteiger partial charge in [0.25, 0.3) is 0 Å². The minimum absolute atomic E-state index is 0.0653. The quantitative estimate of drug-likeness (QED) is 0.572. The molecule has 2 heteroatoms. The van der Waals surface area contributed by atoms with Gasteiger partial charge in [-0.15, -0.1) is 0 Å². The number of rotatable bonds is 0. The molecule has 2 rings (SSSR count). The fourth-order valence-electron chi connectivity index (χ4n) is 1.38. The van der Waals surface area contributed by atoms with Crippen molar-refractivity contribution in [1.82, 2.24) is 0 Å². The zero-order valence-corrected chi connectivity index (χ0v) is 6.60. The first-order valence-electron chi connectivity index (χ1n) is 3.71. The smallest absolute Gasteiger partial charge is 0.189 e. The third-order valence-corrected chi connectivity index (χ3v) is 2.02. The lowest BCUT2D eigenvalue weighted by molar-refractivity contribution is 0.103. The molecule has 0 bridgehead atoms. The van der Waals surface area contributed by atoms with Crippen molar-refractivity contribution >= 4 is 11.9 Å². The standard InChI is InChI=1S/C10H7FO/c1-6-5-8-7(10(6)12)3-2-4-9(8)11/h2-5H,1H3. The van der Waals surface area contributed by atoms with Gasteiger partial charge in [-0.1, -0.05) is 12.1 Å². The number of benzene rings is 1. The van der Waals surface area contributed by atoms with Crippen molar-refractivity contribution in [2.45, 2.75) is 6.92 Å². The summed E-state index contributed by atoms with van der Waals surface area (Å²) in [6.45, 7) is 1.70. The highest BCUT2D eigenvalue weighted by Crippen LogP contribution is 2.26. The van der Waals surface area contributed by atoms with E-state index in [1.807, 2.05) is 0 Å². The third kappa shape index (κ3) is 0.811. The van der Waals surface area contributed by atoms with Gasteiger partial charge in [-0.3, -0.25) is 4.79 Å². The second-order valence-corrected chi connectivity index (χ2v) is 2.86. The maximum atomic E-state index is 13.0. The molecule has 0 radical (unpaired) electrons. The van der Waals surface area contributed by atoms with Gasteiger partial charge in [0.1, 0.15) is 5.82 Å². The lowest BCUT2D eigenvalue weighted by Gasteiger charge is -1.96. The maximum absolute atomic E-state index is 13.0. The van der Waals surface area contributed by atoms with Gasteiger partial charge in [0.15, 0.2) is 5.78 Å². The first-order chi connectivity index (χ1) is 5.70. The van der Waals surface area contributed by atoms with Crippen LogP contribution in [0.25, 0.3) is 6.08 Å². The average Bonchev–Trinajstić information content (AvgIpc) is 2.32. The van der Waals surface area contributed by atoms with Crippen LogP contribution in [0.15, 0.2) is 23.8 Å². The Balaban J connectivity index is 2.72. The molecule has 0 unspecified atom stereocenters. The number of carbonyl (C=O) groups excluding carboxylic acids is 1. The fourth-order valence-corrected chi connectivity index (χ4v) is 1.38. The summed E-state index contributed by atoms with van der Waals surface area (Å²) in [7, 11) is 0. The Morgan fingerprint density at radius 3 is 2.75 bits per heavy atom. The second-order valence-electron chi connectivity index (χ2n) is 2.86. The van der Waals surface area contributed by atoms with Gasteiger partial charge in [0, 0.05) is 11.1 Å². The molecule has 0 atom stereocenters. The number of allylic oxidation sites excluding steroid dienone is 1. The Hall–Kier alpha value is -1.44. The van der Waals surface area contributed by atoms with Gasteiger partial charge < -0.3 is 0 Å². The van der Waals surface area contributed by atoms with E-state index in [1.54, 1.807) is 25.1 Å². The molecule has 0 aliphatic heterocycles. The molecule has 0 fully saturated rings. The van der Waals surface area contributed by atoms with Gasteiger partial charge in [-0.05, 0) is 24.6 Å². The van der Waals surface area contributed by atoms with E-state index in [4.69, 9.17) is 0 Å². The average molecular weight is 162 g/mol. The summed E-state index contributed by atoms with van der Waals surface area (Å²) in [6.07, 6.45) is 1.59. The van der Waals surface area contributed by atoms with Crippen LogP contribution in [-0.2, 0) is 0 Å². The van der Waals surface area contributed by atoms with Gasteiger partial charge in [-0.2, -0.15) is 0 Å². The van der Waals surface area contributed by atoms with E-state index < -0.39 is 0 Å². The highest BCUT2D eigenvalue weighted by Gasteiger charge is 2.20. The summed E-state index contributed by atoms with van der Waals surface area (Å²) < 4.78 is 13.0. The van der Waals surface area contributed by atoms with E-state index in [0.717, 1.165) is 0 Å². The number of Topliss-reactive ketones (excluding diaryl/α,β-unsaturated/α-hetero) is 1. The van der Waals surface area contributed by atoms with E-state index >= 15 is 0 Å². The Morgan fingerprint density at radius 2 is 2.08 bits per heavy atom. The van der Waals surface area contributed by atoms with Crippen LogP contribution in [0.2, 0.25) is 0 Å². The van der Waals surface area contributed by atoms with E-state index in [9.17, 15) is 9.18 Å². The number of ketones is 1. The number of halogens is 1. The summed E-state index contributed by atoms with van der Waals surface area (Å²) in [4.78, 5) is 11.3. The molecule has 0 saturated heterocycles. The van der Waals surface area contributed by atoms with E-state index in [1.165, 1.54) is 6.07 Å². The molecule has 0 aromatic heterocycles. The van der Waals surface area contributed by atoms with Crippen LogP contribution < -0.4 is 0 Å². The number of fused-ring (bicyclic) bond motifs is 1. The van der Waals surface area contributed by atoms with Crippen molar-refractivity contribution in [2.75, 3.05) is 0 Å². The zero-order valence-electron chi connectivity index (χ0n) is 6.60. The molecule has 60 valence electrons. The van der Waals surface area contributed by atoms with Gasteiger partial charge >= 0.3 is 0 Å². The van der Waals surface area contributed by atoms with Crippen molar-refractivity contribution in [3.63, 3.8) is 0 Å². The van der Waals surface area contributed by atoms with Crippen LogP contribution in [0.5, 0.6) is 0 Å². The number of hydrogen-bond acceptors (Lipinski definition) is 1. The summed E-state index contributed by atoms with van der Waals surface area (Å²) in [5.74, 6) is -0.387. The van der Waals surface area contributed by atoms with Crippen molar-refractivity contribution in [3.05, 3.63) is 40.7 Å². The predicted octanol–water partition coefficient (Wildman–Crippen LogP) is 2.43. The maximum Gasteiger partial charge on any atom is 0.189 e. The summed E-state index contributed by atoms with van der Waals surface area (Å²) in [6, 6.07) is 4.56. The Morgan fingerprint density at radius 1 is 1.33 bits per heavy atom. The highest BCUT2D eigenvalue weighted by atomic mass is 19.1. The van der Waals surface area contributed by atoms with Crippen LogP contribution in [0.4, 0.5) is 4.39 Å². The van der Waals surface area contributed by atoms with Crippen molar-refractivity contribution in [1.29, 1.82) is 0 Å². The van der Waals surface area contributed by atoms with Gasteiger partial charge in [0.2, 0.25) is 0 Å². The molecule has 0 spiro atoms. The van der Waals surface area contributed by atoms with E-state index in [0.29, 0.717) is 16.7 Å². The minimum Gasteiger partial charge on any atom is -0.289 e. The van der Waals surface area contributed by atoms with Crippen LogP contribution >= 0.6 is 0 Å². The molecule has 0 heterocycles. The zero-order chi connectivity index (χ0) is 8.72. The van der Waals surface area contributed by atoms with E-state index in [-0.39, 0.29) is 11.6 Å². The Bertz CT molecular complexity index is 391. The van der Waals surface area contributed by atoms with E-state index in [2.05, 4.69) is 0 Å². The lowest BCUT2D eigenvalue weighted by Crippen LogP contribution is -1.96. The highest BCUT2D eigenvalue weighted by molar-refractivity contribution is 6.17. The molecule has 0 N–H and O–H groups in total. The van der Waals surface area contributed by atoms with Crippen molar-refractivity contribution < 1.29 is 9.18 Å². The van der Waals surface area contributed by atoms with Crippen LogP contribution in [0.3, 0.4) is 0 Å². The summed E-state index contributed by atoms with van der Waals surface area (Å²) >= 11 is 0. The van der Waals surface area contributed by atoms with Crippen molar-refractivity contribution in [2.24, 2.45) is 0 Å². The third-order valence-electron chi connectivity index (χ3n) is 2.02. The molecular formula is C10H7FO. The molecule has 1 aliphatic carbocycles. The largest absolute Gasteiger partial charge is 0.289 e. The molecule has 0 saturated carbocycles.